The molecule has 4 N–H and O–H groups in total. The third-order valence-electron chi connectivity index (χ3n) is 7.83. The highest BCUT2D eigenvalue weighted by atomic mass is 16.7. The summed E-state index contributed by atoms with van der Waals surface area (Å²) >= 11 is 0. The molecule has 1 aromatic carbocycles. The van der Waals surface area contributed by atoms with Crippen LogP contribution in [-0.2, 0) is 4.74 Å². The maximum atomic E-state index is 11.4. The molecule has 0 amide bonds. The predicted octanol–water partition coefficient (Wildman–Crippen LogP) is 3.98. The van der Waals surface area contributed by atoms with Gasteiger partial charge in [-0.3, -0.25) is 0 Å². The van der Waals surface area contributed by atoms with E-state index in [0.29, 0.717) is 17.6 Å². The SMILES string of the molecule is CC(C)=C[C@H]1C[C@H](C)[C@H]2CC[C@H](C)c3c(O)c(O[C@H]4O[C@H](C)[C@@H](O)[C@H](O)[C@@H]4O)c(C)c1c32. The van der Waals surface area contributed by atoms with Gasteiger partial charge in [0.25, 0.3) is 0 Å². The summed E-state index contributed by atoms with van der Waals surface area (Å²) in [6.07, 6.45) is -0.415. The minimum atomic E-state index is -1.42. The Balaban J connectivity index is 1.85. The molecule has 1 saturated heterocycles. The zero-order valence-electron chi connectivity index (χ0n) is 20.0. The third kappa shape index (κ3) is 3.75. The van der Waals surface area contributed by atoms with Crippen LogP contribution in [0.3, 0.4) is 0 Å². The molecule has 1 fully saturated rings. The van der Waals surface area contributed by atoms with Crippen LogP contribution in [0.15, 0.2) is 11.6 Å². The van der Waals surface area contributed by atoms with Gasteiger partial charge in [0.15, 0.2) is 11.5 Å². The molecule has 178 valence electrons. The first-order valence-corrected chi connectivity index (χ1v) is 11.9. The number of aliphatic hydroxyl groups is 3. The van der Waals surface area contributed by atoms with E-state index in [2.05, 4.69) is 33.8 Å². The minimum absolute atomic E-state index is 0.118. The highest BCUT2D eigenvalue weighted by Crippen LogP contribution is 2.58. The summed E-state index contributed by atoms with van der Waals surface area (Å²) in [6.45, 7) is 12.3. The second kappa shape index (κ2) is 8.64. The molecule has 4 rings (SSSR count). The van der Waals surface area contributed by atoms with Crippen LogP contribution in [0.25, 0.3) is 0 Å². The van der Waals surface area contributed by atoms with Gasteiger partial charge in [0.2, 0.25) is 6.29 Å². The van der Waals surface area contributed by atoms with E-state index in [1.807, 2.05) is 6.92 Å². The Morgan fingerprint density at radius 3 is 2.31 bits per heavy atom. The van der Waals surface area contributed by atoms with E-state index in [-0.39, 0.29) is 17.6 Å². The number of hydrogen-bond acceptors (Lipinski definition) is 6. The van der Waals surface area contributed by atoms with Gasteiger partial charge in [-0.15, -0.1) is 0 Å². The highest BCUT2D eigenvalue weighted by Gasteiger charge is 2.45. The summed E-state index contributed by atoms with van der Waals surface area (Å²) in [6, 6.07) is 0. The summed E-state index contributed by atoms with van der Waals surface area (Å²) in [5.74, 6) is 1.81. The van der Waals surface area contributed by atoms with E-state index >= 15 is 0 Å². The van der Waals surface area contributed by atoms with Crippen LogP contribution < -0.4 is 4.74 Å². The number of benzene rings is 1. The molecule has 2 aliphatic carbocycles. The van der Waals surface area contributed by atoms with Crippen molar-refractivity contribution >= 4 is 0 Å². The van der Waals surface area contributed by atoms with Crippen molar-refractivity contribution in [2.45, 2.75) is 109 Å². The summed E-state index contributed by atoms with van der Waals surface area (Å²) in [5.41, 5.74) is 5.57. The fraction of sp³-hybridized carbons (Fsp3) is 0.692. The van der Waals surface area contributed by atoms with E-state index in [1.54, 1.807) is 6.92 Å². The quantitative estimate of drug-likeness (QED) is 0.524. The van der Waals surface area contributed by atoms with E-state index in [4.69, 9.17) is 9.47 Å². The lowest BCUT2D eigenvalue weighted by molar-refractivity contribution is -0.268. The number of phenolic OH excluding ortho intramolecular Hbond substituents is 1. The largest absolute Gasteiger partial charge is 0.504 e. The molecule has 6 nitrogen and oxygen atoms in total. The second-order valence-electron chi connectivity index (χ2n) is 10.5. The molecule has 9 atom stereocenters. The van der Waals surface area contributed by atoms with Crippen LogP contribution in [0.2, 0.25) is 0 Å². The van der Waals surface area contributed by atoms with Gasteiger partial charge in [-0.1, -0.05) is 25.5 Å². The number of hydrogen-bond donors (Lipinski definition) is 4. The molecule has 3 aliphatic rings. The number of ether oxygens (including phenoxy) is 2. The number of rotatable bonds is 3. The summed E-state index contributed by atoms with van der Waals surface area (Å²) in [4.78, 5) is 0. The van der Waals surface area contributed by atoms with E-state index in [1.165, 1.54) is 16.7 Å². The van der Waals surface area contributed by atoms with Crippen LogP contribution >= 0.6 is 0 Å². The topological polar surface area (TPSA) is 99.4 Å². The van der Waals surface area contributed by atoms with Crippen LogP contribution in [0.5, 0.6) is 11.5 Å². The Kier molecular flexibility index (Phi) is 6.36. The average Bonchev–Trinajstić information content (AvgIpc) is 2.72. The van der Waals surface area contributed by atoms with Crippen molar-refractivity contribution in [3.8, 4) is 11.5 Å². The van der Waals surface area contributed by atoms with Gasteiger partial charge in [0.05, 0.1) is 6.10 Å². The predicted molar refractivity (Wildman–Crippen MR) is 122 cm³/mol. The second-order valence-corrected chi connectivity index (χ2v) is 10.5. The zero-order chi connectivity index (χ0) is 23.5. The van der Waals surface area contributed by atoms with Crippen molar-refractivity contribution in [3.05, 3.63) is 33.9 Å². The molecule has 0 saturated carbocycles. The monoisotopic (exact) mass is 446 g/mol. The summed E-state index contributed by atoms with van der Waals surface area (Å²) in [5, 5.41) is 42.1. The molecular formula is C26H38O6. The van der Waals surface area contributed by atoms with E-state index < -0.39 is 30.7 Å². The molecule has 0 spiro atoms. The van der Waals surface area contributed by atoms with Crippen LogP contribution in [0.4, 0.5) is 0 Å². The van der Waals surface area contributed by atoms with Gasteiger partial charge < -0.3 is 29.9 Å². The van der Waals surface area contributed by atoms with Crippen LogP contribution in [0.1, 0.15) is 93.9 Å². The summed E-state index contributed by atoms with van der Waals surface area (Å²) in [7, 11) is 0. The van der Waals surface area contributed by atoms with Gasteiger partial charge in [0, 0.05) is 11.5 Å². The Bertz CT molecular complexity index is 904. The molecule has 0 unspecified atom stereocenters. The maximum absolute atomic E-state index is 11.4. The number of aliphatic hydroxyl groups excluding tert-OH is 3. The molecule has 0 radical (unpaired) electrons. The van der Waals surface area contributed by atoms with Gasteiger partial charge in [0.1, 0.15) is 18.3 Å². The van der Waals surface area contributed by atoms with Crippen LogP contribution in [-0.4, -0.2) is 51.1 Å². The summed E-state index contributed by atoms with van der Waals surface area (Å²) < 4.78 is 11.8. The Morgan fingerprint density at radius 2 is 1.66 bits per heavy atom. The normalized spacial score (nSPS) is 38.7. The first-order chi connectivity index (χ1) is 15.0. The lowest BCUT2D eigenvalue weighted by atomic mass is 9.62. The number of aromatic hydroxyl groups is 1. The van der Waals surface area contributed by atoms with Gasteiger partial charge in [-0.2, -0.15) is 0 Å². The minimum Gasteiger partial charge on any atom is -0.504 e. The molecule has 0 aromatic heterocycles. The van der Waals surface area contributed by atoms with Crippen molar-refractivity contribution in [2.24, 2.45) is 5.92 Å². The maximum Gasteiger partial charge on any atom is 0.229 e. The lowest BCUT2D eigenvalue weighted by Crippen LogP contribution is -2.58. The lowest BCUT2D eigenvalue weighted by Gasteiger charge is -2.44. The van der Waals surface area contributed by atoms with Crippen molar-refractivity contribution in [1.29, 1.82) is 0 Å². The first kappa shape index (κ1) is 23.6. The fourth-order valence-electron chi connectivity index (χ4n) is 6.17. The Labute approximate surface area is 190 Å². The van der Waals surface area contributed by atoms with Crippen molar-refractivity contribution < 1.29 is 29.9 Å². The molecule has 32 heavy (non-hydrogen) atoms. The number of phenols is 1. The Morgan fingerprint density at radius 1 is 0.969 bits per heavy atom. The first-order valence-electron chi connectivity index (χ1n) is 11.9. The zero-order valence-corrected chi connectivity index (χ0v) is 20.0. The van der Waals surface area contributed by atoms with Crippen LogP contribution in [0, 0.1) is 12.8 Å². The molecule has 1 aliphatic heterocycles. The highest BCUT2D eigenvalue weighted by molar-refractivity contribution is 5.64. The molecular weight excluding hydrogens is 408 g/mol. The molecule has 0 bridgehead atoms. The van der Waals surface area contributed by atoms with Crippen molar-refractivity contribution in [3.63, 3.8) is 0 Å². The van der Waals surface area contributed by atoms with Gasteiger partial charge >= 0.3 is 0 Å². The molecule has 1 aromatic rings. The van der Waals surface area contributed by atoms with Gasteiger partial charge in [-0.25, -0.2) is 0 Å². The van der Waals surface area contributed by atoms with Crippen molar-refractivity contribution in [1.82, 2.24) is 0 Å². The van der Waals surface area contributed by atoms with E-state index in [0.717, 1.165) is 30.4 Å². The smallest absolute Gasteiger partial charge is 0.229 e. The van der Waals surface area contributed by atoms with Crippen molar-refractivity contribution in [2.75, 3.05) is 0 Å². The average molecular weight is 447 g/mol. The third-order valence-corrected chi connectivity index (χ3v) is 7.83. The number of allylic oxidation sites excluding steroid dienone is 2. The Hall–Kier alpha value is -1.60. The molecule has 1 heterocycles. The standard InChI is InChI=1S/C26H38O6/c1-11(2)9-16-10-13(4)17-8-7-12(3)18-20(17)19(16)14(5)25(22(18)28)32-26-24(30)23(29)21(27)15(6)31-26/h9,12-13,15-17,21,23-24,26-30H,7-8,10H2,1-6H3/t12-,13-,15+,16-,17+,21+,23-,24-,26+/m0/s1. The van der Waals surface area contributed by atoms with Gasteiger partial charge in [-0.05, 0) is 81.4 Å². The van der Waals surface area contributed by atoms with E-state index in [9.17, 15) is 20.4 Å². The fourth-order valence-corrected chi connectivity index (χ4v) is 6.17. The molecule has 6 heteroatoms.